The van der Waals surface area contributed by atoms with E-state index in [1.807, 2.05) is 54.6 Å². The molecule has 0 aliphatic carbocycles. The van der Waals surface area contributed by atoms with Crippen LogP contribution in [0.3, 0.4) is 0 Å². The molecule has 3 heterocycles. The zero-order chi connectivity index (χ0) is 31.6. The van der Waals surface area contributed by atoms with Crippen LogP contribution < -0.4 is 14.2 Å². The Labute approximate surface area is 271 Å². The molecule has 2 unspecified atom stereocenters. The molecule has 8 nitrogen and oxygen atoms in total. The van der Waals surface area contributed by atoms with Gasteiger partial charge < -0.3 is 28.8 Å². The van der Waals surface area contributed by atoms with E-state index in [9.17, 15) is 9.90 Å². The molecule has 1 N–H and O–H groups in total. The Morgan fingerprint density at radius 1 is 0.761 bits per heavy atom. The maximum Gasteiger partial charge on any atom is 0.199 e. The second kappa shape index (κ2) is 16.1. The molecule has 46 heavy (non-hydrogen) atoms. The average molecular weight is 628 g/mol. The number of phenols is 1. The van der Waals surface area contributed by atoms with Gasteiger partial charge in [0.05, 0.1) is 18.8 Å². The van der Waals surface area contributed by atoms with E-state index in [2.05, 4.69) is 4.90 Å². The molecular formula is C38H45NO7. The van der Waals surface area contributed by atoms with Crippen molar-refractivity contribution in [1.29, 1.82) is 0 Å². The minimum absolute atomic E-state index is 0.143. The predicted octanol–water partition coefficient (Wildman–Crippen LogP) is 7.49. The second-order valence-corrected chi connectivity index (χ2v) is 12.2. The highest BCUT2D eigenvalue weighted by Crippen LogP contribution is 2.32. The molecule has 0 radical (unpaired) electrons. The number of hydrogen-bond acceptors (Lipinski definition) is 8. The number of rotatable bonds is 12. The molecule has 0 aromatic heterocycles. The van der Waals surface area contributed by atoms with Gasteiger partial charge in [0.15, 0.2) is 18.4 Å². The maximum atomic E-state index is 14.1. The van der Waals surface area contributed by atoms with Crippen molar-refractivity contribution in [2.75, 3.05) is 39.5 Å². The van der Waals surface area contributed by atoms with E-state index >= 15 is 0 Å². The lowest BCUT2D eigenvalue weighted by molar-refractivity contribution is -0.106. The van der Waals surface area contributed by atoms with Gasteiger partial charge in [-0.25, -0.2) is 0 Å². The molecule has 3 fully saturated rings. The highest BCUT2D eigenvalue weighted by molar-refractivity contribution is 6.33. The van der Waals surface area contributed by atoms with Crippen LogP contribution in [0, 0.1) is 0 Å². The Kier molecular flexibility index (Phi) is 11.3. The summed E-state index contributed by atoms with van der Waals surface area (Å²) < 4.78 is 29.4. The second-order valence-electron chi connectivity index (χ2n) is 12.2. The highest BCUT2D eigenvalue weighted by atomic mass is 16.7. The first-order valence-corrected chi connectivity index (χ1v) is 16.8. The van der Waals surface area contributed by atoms with Crippen LogP contribution >= 0.6 is 0 Å². The van der Waals surface area contributed by atoms with E-state index in [0.717, 1.165) is 69.5 Å². The Morgan fingerprint density at radius 3 is 2.02 bits per heavy atom. The van der Waals surface area contributed by atoms with Gasteiger partial charge in [0.2, 0.25) is 0 Å². The lowest BCUT2D eigenvalue weighted by Gasteiger charge is -2.26. The lowest BCUT2D eigenvalue weighted by atomic mass is 9.94. The van der Waals surface area contributed by atoms with E-state index in [-0.39, 0.29) is 29.7 Å². The van der Waals surface area contributed by atoms with Crippen LogP contribution in [0.5, 0.6) is 23.0 Å². The van der Waals surface area contributed by atoms with Crippen molar-refractivity contribution in [3.8, 4) is 23.0 Å². The lowest BCUT2D eigenvalue weighted by Crippen LogP contribution is -2.33. The summed E-state index contributed by atoms with van der Waals surface area (Å²) in [7, 11) is 0. The normalized spacial score (nSPS) is 21.0. The fourth-order valence-electron chi connectivity index (χ4n) is 6.13. The van der Waals surface area contributed by atoms with Gasteiger partial charge in [-0.2, -0.15) is 0 Å². The number of piperidine rings is 1. The van der Waals surface area contributed by atoms with Crippen molar-refractivity contribution in [3.05, 3.63) is 83.4 Å². The molecule has 6 rings (SSSR count). The van der Waals surface area contributed by atoms with Gasteiger partial charge in [-0.15, -0.1) is 0 Å². The fraction of sp³-hybridized carbons (Fsp3) is 0.447. The largest absolute Gasteiger partial charge is 0.507 e. The monoisotopic (exact) mass is 627 g/mol. The van der Waals surface area contributed by atoms with E-state index < -0.39 is 0 Å². The molecule has 3 aromatic carbocycles. The number of allylic oxidation sites excluding steroid dienone is 1. The first kappa shape index (κ1) is 32.1. The summed E-state index contributed by atoms with van der Waals surface area (Å²) in [6.45, 7) is 5.22. The first-order chi connectivity index (χ1) is 22.6. The van der Waals surface area contributed by atoms with Crippen LogP contribution in [-0.4, -0.2) is 67.8 Å². The van der Waals surface area contributed by atoms with E-state index in [0.29, 0.717) is 42.5 Å². The molecule has 3 aliphatic rings. The van der Waals surface area contributed by atoms with Gasteiger partial charge in [-0.3, -0.25) is 9.69 Å². The Balaban J connectivity index is 1.20. The van der Waals surface area contributed by atoms with Gasteiger partial charge in [-0.1, -0.05) is 30.7 Å². The third-order valence-corrected chi connectivity index (χ3v) is 8.75. The van der Waals surface area contributed by atoms with Crippen molar-refractivity contribution < 1.29 is 33.6 Å². The topological polar surface area (TPSA) is 86.7 Å². The minimum atomic E-state index is -0.346. The van der Waals surface area contributed by atoms with Crippen molar-refractivity contribution >= 4 is 17.4 Å². The summed E-state index contributed by atoms with van der Waals surface area (Å²) >= 11 is 0. The minimum Gasteiger partial charge on any atom is -0.507 e. The number of phenolic OH excluding ortho intramolecular Hbond substituents is 1. The van der Waals surface area contributed by atoms with Crippen LogP contribution in [0.4, 0.5) is 0 Å². The standard InChI is InChI=1S/C38H45NO7/c40-35-27-32(46-37-9-3-7-24-44-37)18-19-33(35)38(41)34(29-12-16-31(17-13-29)45-36-8-2-6-23-43-36)26-28-10-14-30(15-11-28)42-25-22-39-20-4-1-5-21-39/h10-19,26-27,36-37,40H,1-9,20-25H2. The van der Waals surface area contributed by atoms with Crippen LogP contribution in [-0.2, 0) is 9.47 Å². The van der Waals surface area contributed by atoms with Crippen LogP contribution in [0.25, 0.3) is 11.6 Å². The van der Waals surface area contributed by atoms with Gasteiger partial charge in [-0.05, 0) is 105 Å². The first-order valence-electron chi connectivity index (χ1n) is 16.8. The predicted molar refractivity (Wildman–Crippen MR) is 177 cm³/mol. The third kappa shape index (κ3) is 8.90. The molecule has 0 saturated carbocycles. The molecule has 0 spiro atoms. The summed E-state index contributed by atoms with van der Waals surface area (Å²) in [5.41, 5.74) is 2.19. The van der Waals surface area contributed by atoms with Crippen molar-refractivity contribution in [2.45, 2.75) is 70.4 Å². The van der Waals surface area contributed by atoms with Gasteiger partial charge in [0, 0.05) is 31.0 Å². The summed E-state index contributed by atoms with van der Waals surface area (Å²) in [4.78, 5) is 16.5. The number of hydrogen-bond donors (Lipinski definition) is 1. The van der Waals surface area contributed by atoms with Crippen LogP contribution in [0.2, 0.25) is 0 Å². The summed E-state index contributed by atoms with van der Waals surface area (Å²) in [6.07, 6.45) is 10.9. The molecular weight excluding hydrogens is 582 g/mol. The number of carbonyl (C=O) groups is 1. The van der Waals surface area contributed by atoms with Crippen molar-refractivity contribution in [2.24, 2.45) is 0 Å². The van der Waals surface area contributed by atoms with Crippen molar-refractivity contribution in [1.82, 2.24) is 4.90 Å². The molecule has 3 aromatic rings. The summed E-state index contributed by atoms with van der Waals surface area (Å²) in [6, 6.07) is 20.0. The molecule has 244 valence electrons. The smallest absolute Gasteiger partial charge is 0.199 e. The number of ether oxygens (including phenoxy) is 5. The van der Waals surface area contributed by atoms with Crippen molar-refractivity contribution in [3.63, 3.8) is 0 Å². The third-order valence-electron chi connectivity index (χ3n) is 8.75. The number of likely N-dealkylation sites (tertiary alicyclic amines) is 1. The molecule has 2 atom stereocenters. The highest BCUT2D eigenvalue weighted by Gasteiger charge is 2.22. The fourth-order valence-corrected chi connectivity index (χ4v) is 6.13. The SMILES string of the molecule is O=C(C(=Cc1ccc(OCCN2CCCCC2)cc1)c1ccc(OC2CCCCO2)cc1)c1ccc(OC2CCCCO2)cc1O. The molecule has 8 heteroatoms. The van der Waals surface area contributed by atoms with E-state index in [4.69, 9.17) is 23.7 Å². The Hall–Kier alpha value is -3.85. The van der Waals surface area contributed by atoms with E-state index in [1.165, 1.54) is 25.3 Å². The number of Topliss-reactive ketones (excluding diaryl/α,β-unsaturated/α-hetero) is 1. The number of aromatic hydroxyl groups is 1. The number of carbonyl (C=O) groups excluding carboxylic acids is 1. The zero-order valence-electron chi connectivity index (χ0n) is 26.5. The van der Waals surface area contributed by atoms with Gasteiger partial charge in [0.1, 0.15) is 29.6 Å². The van der Waals surface area contributed by atoms with E-state index in [1.54, 1.807) is 12.1 Å². The quantitative estimate of drug-likeness (QED) is 0.126. The summed E-state index contributed by atoms with van der Waals surface area (Å²) in [5.74, 6) is 1.50. The Bertz CT molecular complexity index is 1430. The molecule has 3 saturated heterocycles. The molecule has 0 amide bonds. The van der Waals surface area contributed by atoms with Gasteiger partial charge >= 0.3 is 0 Å². The maximum absolute atomic E-state index is 14.1. The van der Waals surface area contributed by atoms with Gasteiger partial charge in [0.25, 0.3) is 0 Å². The van der Waals surface area contributed by atoms with Crippen LogP contribution in [0.15, 0.2) is 66.7 Å². The summed E-state index contributed by atoms with van der Waals surface area (Å²) in [5, 5.41) is 11.0. The Morgan fingerprint density at radius 2 is 1.39 bits per heavy atom. The zero-order valence-corrected chi connectivity index (χ0v) is 26.5. The number of benzene rings is 3. The average Bonchev–Trinajstić information content (AvgIpc) is 3.09. The molecule has 0 bridgehead atoms. The van der Waals surface area contributed by atoms with Crippen LogP contribution in [0.1, 0.15) is 79.3 Å². The molecule has 3 aliphatic heterocycles. The number of nitrogens with zero attached hydrogens (tertiary/aromatic N) is 1. The number of ketones is 1.